The highest BCUT2D eigenvalue weighted by Crippen LogP contribution is 2.26. The van der Waals surface area contributed by atoms with Crippen LogP contribution in [0, 0.1) is 10.1 Å². The summed E-state index contributed by atoms with van der Waals surface area (Å²) in [5, 5.41) is 17.6. The molecule has 2 aromatic rings. The van der Waals surface area contributed by atoms with E-state index in [4.69, 9.17) is 5.73 Å². The molecule has 2 aromatic carbocycles. The fraction of sp³-hybridized carbons (Fsp3) is 0.438. The Balaban J connectivity index is 0.000000442. The van der Waals surface area contributed by atoms with Crippen molar-refractivity contribution in [1.82, 2.24) is 9.80 Å². The Morgan fingerprint density at radius 3 is 1.64 bits per heavy atom. The van der Waals surface area contributed by atoms with Gasteiger partial charge < -0.3 is 35.6 Å². The van der Waals surface area contributed by atoms with E-state index >= 15 is 0 Å². The van der Waals surface area contributed by atoms with Crippen LogP contribution in [0.1, 0.15) is 38.8 Å². The number of benzene rings is 2. The predicted octanol–water partition coefficient (Wildman–Crippen LogP) is 4.74. The van der Waals surface area contributed by atoms with Crippen LogP contribution in [-0.4, -0.2) is 93.2 Å². The third kappa shape index (κ3) is 14.2. The SMILES string of the molecule is CCN(CC)CCNc1ccc(/C=C/C(=O)OC)cc1N.CCN(CC)CCNc1ccc(/C=C/C(=O)OC)cc1[N+](=O)[O-]. The Bertz CT molecular complexity index is 1240. The average Bonchev–Trinajstić information content (AvgIpc) is 3.04. The average molecular weight is 613 g/mol. The number of carbonyl (C=O) groups is 2. The molecule has 0 aromatic heterocycles. The standard InChI is InChI=1S/C16H23N3O4.C16H25N3O2/c1-4-18(5-2)11-10-17-14-8-6-13(7-9-16(20)23-3)12-15(14)19(21)22;1-4-19(5-2)11-10-18-15-8-6-13(12-14(15)17)7-9-16(20)21-3/h6-9,12,17H,4-5,10-11H2,1-3H3;6-9,12,18H,4-5,10-11,17H2,1-3H3/b2*9-7+. The van der Waals surface area contributed by atoms with E-state index in [1.54, 1.807) is 18.2 Å². The van der Waals surface area contributed by atoms with Crippen LogP contribution in [0.5, 0.6) is 0 Å². The van der Waals surface area contributed by atoms with E-state index in [1.807, 2.05) is 18.2 Å². The number of nitro benzene ring substituents is 1. The summed E-state index contributed by atoms with van der Waals surface area (Å²) in [6, 6.07) is 10.5. The van der Waals surface area contributed by atoms with Gasteiger partial charge in [0.15, 0.2) is 0 Å². The summed E-state index contributed by atoms with van der Waals surface area (Å²) in [6.45, 7) is 15.7. The van der Waals surface area contributed by atoms with Gasteiger partial charge in [-0.3, -0.25) is 10.1 Å². The minimum Gasteiger partial charge on any atom is -0.466 e. The number of carbonyl (C=O) groups excluding carboxylic acids is 2. The molecule has 0 aliphatic heterocycles. The molecule has 0 atom stereocenters. The van der Waals surface area contributed by atoms with Crippen molar-refractivity contribution in [3.8, 4) is 0 Å². The highest BCUT2D eigenvalue weighted by Gasteiger charge is 2.14. The number of nitrogens with one attached hydrogen (secondary N) is 2. The van der Waals surface area contributed by atoms with Crippen LogP contribution in [0.3, 0.4) is 0 Å². The highest BCUT2D eigenvalue weighted by molar-refractivity contribution is 5.88. The largest absolute Gasteiger partial charge is 0.466 e. The van der Waals surface area contributed by atoms with Crippen molar-refractivity contribution in [3.05, 3.63) is 69.8 Å². The topological polar surface area (TPSA) is 152 Å². The molecule has 0 spiro atoms. The number of anilines is 3. The van der Waals surface area contributed by atoms with Crippen LogP contribution in [0.15, 0.2) is 48.6 Å². The number of nitrogens with two attached hydrogens (primary N) is 1. The molecule has 0 heterocycles. The number of hydrogen-bond donors (Lipinski definition) is 3. The lowest BCUT2D eigenvalue weighted by Gasteiger charge is -2.19. The Morgan fingerprint density at radius 1 is 0.795 bits per heavy atom. The maximum atomic E-state index is 11.2. The molecule has 12 heteroatoms. The van der Waals surface area contributed by atoms with E-state index in [1.165, 1.54) is 38.5 Å². The van der Waals surface area contributed by atoms with Gasteiger partial charge in [-0.25, -0.2) is 9.59 Å². The quantitative estimate of drug-likeness (QED) is 0.0746. The predicted molar refractivity (Wildman–Crippen MR) is 179 cm³/mol. The zero-order valence-corrected chi connectivity index (χ0v) is 26.8. The van der Waals surface area contributed by atoms with Gasteiger partial charge in [-0.05, 0) is 67.7 Å². The van der Waals surface area contributed by atoms with Gasteiger partial charge >= 0.3 is 11.9 Å². The third-order valence-electron chi connectivity index (χ3n) is 6.80. The van der Waals surface area contributed by atoms with Crippen molar-refractivity contribution in [1.29, 1.82) is 0 Å². The molecular weight excluding hydrogens is 564 g/mol. The number of likely N-dealkylation sites (N-methyl/N-ethyl adjacent to an activating group) is 2. The van der Waals surface area contributed by atoms with E-state index in [2.05, 4.69) is 57.6 Å². The monoisotopic (exact) mass is 612 g/mol. The van der Waals surface area contributed by atoms with Gasteiger partial charge in [0.05, 0.1) is 30.5 Å². The van der Waals surface area contributed by atoms with E-state index in [0.717, 1.165) is 57.1 Å². The number of hydrogen-bond acceptors (Lipinski definition) is 11. The van der Waals surface area contributed by atoms with E-state index < -0.39 is 10.9 Å². The Hall–Kier alpha value is -4.42. The summed E-state index contributed by atoms with van der Waals surface area (Å²) < 4.78 is 9.04. The first-order valence-electron chi connectivity index (χ1n) is 14.7. The summed E-state index contributed by atoms with van der Waals surface area (Å²) in [4.78, 5) is 37.5. The molecule has 0 aliphatic carbocycles. The third-order valence-corrected chi connectivity index (χ3v) is 6.80. The first-order valence-corrected chi connectivity index (χ1v) is 14.7. The molecule has 0 fully saturated rings. The van der Waals surface area contributed by atoms with Crippen LogP contribution >= 0.6 is 0 Å². The van der Waals surface area contributed by atoms with Gasteiger partial charge in [-0.2, -0.15) is 0 Å². The van der Waals surface area contributed by atoms with Gasteiger partial charge in [0.2, 0.25) is 0 Å². The maximum Gasteiger partial charge on any atom is 0.330 e. The molecule has 2 rings (SSSR count). The molecule has 242 valence electrons. The van der Waals surface area contributed by atoms with Crippen molar-refractivity contribution in [2.75, 3.05) is 82.9 Å². The number of nitrogen functional groups attached to an aromatic ring is 1. The lowest BCUT2D eigenvalue weighted by Crippen LogP contribution is -2.28. The van der Waals surface area contributed by atoms with Crippen LogP contribution in [0.4, 0.5) is 22.7 Å². The van der Waals surface area contributed by atoms with Crippen molar-refractivity contribution in [3.63, 3.8) is 0 Å². The minimum atomic E-state index is -0.505. The zero-order chi connectivity index (χ0) is 32.9. The van der Waals surface area contributed by atoms with Crippen molar-refractivity contribution in [2.45, 2.75) is 27.7 Å². The van der Waals surface area contributed by atoms with Crippen molar-refractivity contribution < 1.29 is 24.0 Å². The van der Waals surface area contributed by atoms with E-state index in [-0.39, 0.29) is 11.7 Å². The second-order valence-electron chi connectivity index (χ2n) is 9.50. The van der Waals surface area contributed by atoms with Gasteiger partial charge in [0.1, 0.15) is 5.69 Å². The highest BCUT2D eigenvalue weighted by atomic mass is 16.6. The lowest BCUT2D eigenvalue weighted by atomic mass is 10.1. The smallest absolute Gasteiger partial charge is 0.330 e. The normalized spacial score (nSPS) is 11.0. The Labute approximate surface area is 261 Å². The molecule has 44 heavy (non-hydrogen) atoms. The molecule has 0 bridgehead atoms. The number of nitrogens with zero attached hydrogens (tertiary/aromatic N) is 3. The van der Waals surface area contributed by atoms with Crippen molar-refractivity contribution in [2.24, 2.45) is 0 Å². The number of ether oxygens (including phenoxy) is 2. The molecule has 0 saturated carbocycles. The van der Waals surface area contributed by atoms with Crippen LogP contribution in [0.2, 0.25) is 0 Å². The first-order chi connectivity index (χ1) is 21.1. The van der Waals surface area contributed by atoms with Crippen LogP contribution in [0.25, 0.3) is 12.2 Å². The molecule has 0 unspecified atom stereocenters. The molecule has 0 aliphatic rings. The summed E-state index contributed by atoms with van der Waals surface area (Å²) in [7, 11) is 2.63. The summed E-state index contributed by atoms with van der Waals surface area (Å²) in [5.41, 5.74) is 9.48. The maximum absolute atomic E-state index is 11.2. The molecule has 0 amide bonds. The molecule has 12 nitrogen and oxygen atoms in total. The zero-order valence-electron chi connectivity index (χ0n) is 26.8. The lowest BCUT2D eigenvalue weighted by molar-refractivity contribution is -0.384. The Kier molecular flexibility index (Phi) is 18.2. The van der Waals surface area contributed by atoms with E-state index in [0.29, 0.717) is 23.5 Å². The number of rotatable bonds is 17. The molecule has 0 radical (unpaired) electrons. The molecule has 4 N–H and O–H groups in total. The van der Waals surface area contributed by atoms with Crippen LogP contribution in [-0.2, 0) is 19.1 Å². The van der Waals surface area contributed by atoms with Gasteiger partial charge in [0, 0.05) is 44.4 Å². The fourth-order valence-corrected chi connectivity index (χ4v) is 4.04. The second-order valence-corrected chi connectivity index (χ2v) is 9.50. The number of nitro groups is 1. The van der Waals surface area contributed by atoms with Crippen LogP contribution < -0.4 is 16.4 Å². The first kappa shape index (κ1) is 37.6. The summed E-state index contributed by atoms with van der Waals surface area (Å²) in [5.74, 6) is -0.885. The van der Waals surface area contributed by atoms with Gasteiger partial charge in [-0.1, -0.05) is 39.8 Å². The minimum absolute atomic E-state index is 0.0171. The summed E-state index contributed by atoms with van der Waals surface area (Å²) in [6.07, 6.45) is 5.77. The van der Waals surface area contributed by atoms with Crippen molar-refractivity contribution >= 4 is 46.8 Å². The number of esters is 2. The van der Waals surface area contributed by atoms with E-state index in [9.17, 15) is 19.7 Å². The molecular formula is C32H48N6O6. The van der Waals surface area contributed by atoms with Gasteiger partial charge in [-0.15, -0.1) is 0 Å². The second kappa shape index (κ2) is 21.3. The number of methoxy groups -OCH3 is 2. The summed E-state index contributed by atoms with van der Waals surface area (Å²) >= 11 is 0. The Morgan fingerprint density at radius 2 is 1.23 bits per heavy atom. The van der Waals surface area contributed by atoms with Gasteiger partial charge in [0.25, 0.3) is 5.69 Å². The fourth-order valence-electron chi connectivity index (χ4n) is 4.04. The molecule has 0 saturated heterocycles.